The van der Waals surface area contributed by atoms with E-state index in [0.29, 0.717) is 6.42 Å². The lowest BCUT2D eigenvalue weighted by Gasteiger charge is -2.20. The minimum atomic E-state index is -4.37. The Balaban J connectivity index is 2.81. The summed E-state index contributed by atoms with van der Waals surface area (Å²) < 4.78 is 31.9. The second-order valence-electron chi connectivity index (χ2n) is 3.47. The van der Waals surface area contributed by atoms with Gasteiger partial charge in [-0.3, -0.25) is 4.55 Å². The fraction of sp³-hybridized carbons (Fsp3) is 0.500. The van der Waals surface area contributed by atoms with Crippen LogP contribution in [0.4, 0.5) is 0 Å². The molecule has 1 rings (SSSR count). The average molecular weight is 216 g/mol. The van der Waals surface area contributed by atoms with Gasteiger partial charge in [0, 0.05) is 0 Å². The highest BCUT2D eigenvalue weighted by Crippen LogP contribution is 2.24. The Morgan fingerprint density at radius 2 is 2.21 bits per heavy atom. The second kappa shape index (κ2) is 3.62. The maximum absolute atomic E-state index is 10.3. The van der Waals surface area contributed by atoms with Crippen molar-refractivity contribution in [1.82, 2.24) is 0 Å². The van der Waals surface area contributed by atoms with Gasteiger partial charge in [-0.25, -0.2) is 0 Å². The van der Waals surface area contributed by atoms with Gasteiger partial charge in [-0.05, 0) is 24.8 Å². The molecule has 1 N–H and O–H groups in total. The van der Waals surface area contributed by atoms with Gasteiger partial charge in [0.2, 0.25) is 0 Å². The van der Waals surface area contributed by atoms with Crippen molar-refractivity contribution in [1.29, 1.82) is 0 Å². The minimum absolute atomic E-state index is 0.578. The van der Waals surface area contributed by atoms with Crippen molar-refractivity contribution in [3.05, 3.63) is 23.8 Å². The standard InChI is InChI=1S/C8H12N2O3S/c1-7-3-5-8(2,6-4-7)9-10-14(11,12)13/h3-5H,6H2,1-2H3,(H,11,12,13). The highest BCUT2D eigenvalue weighted by molar-refractivity contribution is 7.84. The van der Waals surface area contributed by atoms with E-state index in [-0.39, 0.29) is 0 Å². The van der Waals surface area contributed by atoms with E-state index in [9.17, 15) is 8.42 Å². The Morgan fingerprint density at radius 1 is 1.57 bits per heavy atom. The fourth-order valence-electron chi connectivity index (χ4n) is 1.03. The van der Waals surface area contributed by atoms with Crippen molar-refractivity contribution in [2.75, 3.05) is 0 Å². The van der Waals surface area contributed by atoms with Crippen molar-refractivity contribution in [2.24, 2.45) is 9.63 Å². The molecule has 0 spiro atoms. The van der Waals surface area contributed by atoms with Crippen LogP contribution in [-0.4, -0.2) is 18.5 Å². The Bertz CT molecular complexity index is 408. The van der Waals surface area contributed by atoms with Gasteiger partial charge in [0.15, 0.2) is 0 Å². The van der Waals surface area contributed by atoms with Gasteiger partial charge >= 0.3 is 10.3 Å². The van der Waals surface area contributed by atoms with Crippen LogP contribution in [0.2, 0.25) is 0 Å². The molecule has 0 aliphatic heterocycles. The van der Waals surface area contributed by atoms with Crippen molar-refractivity contribution >= 4 is 10.3 Å². The zero-order valence-corrected chi connectivity index (χ0v) is 8.82. The molecule has 78 valence electrons. The number of allylic oxidation sites excluding steroid dienone is 2. The van der Waals surface area contributed by atoms with E-state index < -0.39 is 15.8 Å². The quantitative estimate of drug-likeness (QED) is 0.565. The monoisotopic (exact) mass is 216 g/mol. The summed E-state index contributed by atoms with van der Waals surface area (Å²) in [6.45, 7) is 3.68. The molecule has 0 aromatic carbocycles. The van der Waals surface area contributed by atoms with E-state index in [4.69, 9.17) is 4.55 Å². The van der Waals surface area contributed by atoms with Gasteiger partial charge in [0.25, 0.3) is 0 Å². The van der Waals surface area contributed by atoms with Gasteiger partial charge in [0.05, 0.1) is 0 Å². The summed E-state index contributed by atoms with van der Waals surface area (Å²) >= 11 is 0. The molecule has 0 bridgehead atoms. The summed E-state index contributed by atoms with van der Waals surface area (Å²) in [6.07, 6.45) is 6.11. The fourth-order valence-corrected chi connectivity index (χ4v) is 1.32. The highest BCUT2D eigenvalue weighted by atomic mass is 32.2. The molecular formula is C8H12N2O3S. The Hall–Kier alpha value is -1.01. The van der Waals surface area contributed by atoms with Crippen molar-refractivity contribution in [3.8, 4) is 0 Å². The molecular weight excluding hydrogens is 204 g/mol. The van der Waals surface area contributed by atoms with Crippen LogP contribution >= 0.6 is 0 Å². The summed E-state index contributed by atoms with van der Waals surface area (Å²) in [5.74, 6) is 0. The Kier molecular flexibility index (Phi) is 2.86. The minimum Gasteiger partial charge on any atom is -0.267 e. The van der Waals surface area contributed by atoms with E-state index in [1.807, 2.05) is 19.1 Å². The maximum atomic E-state index is 10.3. The highest BCUT2D eigenvalue weighted by Gasteiger charge is 2.22. The number of hydrogen-bond acceptors (Lipinski definition) is 3. The molecule has 0 saturated heterocycles. The first kappa shape index (κ1) is 11.1. The van der Waals surface area contributed by atoms with Crippen LogP contribution in [0.5, 0.6) is 0 Å². The molecule has 6 heteroatoms. The number of rotatable bonds is 2. The third-order valence-corrected chi connectivity index (χ3v) is 2.20. The molecule has 0 heterocycles. The topological polar surface area (TPSA) is 79.1 Å². The van der Waals surface area contributed by atoms with Crippen molar-refractivity contribution < 1.29 is 13.0 Å². The lowest BCUT2D eigenvalue weighted by molar-refractivity contribution is 0.473. The molecule has 1 atom stereocenters. The SMILES string of the molecule is CC1=CCC(C)(N=NS(=O)(=O)O)C=C1. The van der Waals surface area contributed by atoms with E-state index in [1.165, 1.54) is 0 Å². The van der Waals surface area contributed by atoms with Crippen LogP contribution in [0.3, 0.4) is 0 Å². The molecule has 0 aromatic rings. The maximum Gasteiger partial charge on any atom is 0.395 e. The molecule has 0 radical (unpaired) electrons. The van der Waals surface area contributed by atoms with Gasteiger partial charge in [-0.15, -0.1) is 0 Å². The number of nitrogens with zero attached hydrogens (tertiary/aromatic N) is 2. The molecule has 0 fully saturated rings. The smallest absolute Gasteiger partial charge is 0.267 e. The molecule has 5 nitrogen and oxygen atoms in total. The third kappa shape index (κ3) is 3.39. The lowest BCUT2D eigenvalue weighted by atomic mass is 9.92. The predicted molar refractivity (Wildman–Crippen MR) is 52.3 cm³/mol. The van der Waals surface area contributed by atoms with E-state index in [0.717, 1.165) is 5.57 Å². The first-order chi connectivity index (χ1) is 6.31. The summed E-state index contributed by atoms with van der Waals surface area (Å²) in [7, 11) is -4.37. The van der Waals surface area contributed by atoms with Crippen LogP contribution in [0.1, 0.15) is 20.3 Å². The molecule has 0 saturated carbocycles. The van der Waals surface area contributed by atoms with Gasteiger partial charge in [0.1, 0.15) is 5.54 Å². The van der Waals surface area contributed by atoms with Crippen LogP contribution < -0.4 is 0 Å². The molecule has 0 amide bonds. The van der Waals surface area contributed by atoms with E-state index >= 15 is 0 Å². The van der Waals surface area contributed by atoms with Crippen molar-refractivity contribution in [3.63, 3.8) is 0 Å². The van der Waals surface area contributed by atoms with Gasteiger partial charge < -0.3 is 0 Å². The normalized spacial score (nSPS) is 28.1. The molecule has 0 aromatic heterocycles. The second-order valence-corrected chi connectivity index (χ2v) is 4.53. The Labute approximate surface area is 83.1 Å². The first-order valence-corrected chi connectivity index (χ1v) is 5.48. The van der Waals surface area contributed by atoms with E-state index in [1.54, 1.807) is 13.0 Å². The molecule has 1 unspecified atom stereocenters. The summed E-state index contributed by atoms with van der Waals surface area (Å²) in [4.78, 5) is 0. The van der Waals surface area contributed by atoms with Crippen LogP contribution in [-0.2, 0) is 10.3 Å². The molecule has 14 heavy (non-hydrogen) atoms. The van der Waals surface area contributed by atoms with Crippen LogP contribution in [0.15, 0.2) is 33.4 Å². The van der Waals surface area contributed by atoms with E-state index in [2.05, 4.69) is 9.63 Å². The Morgan fingerprint density at radius 3 is 2.64 bits per heavy atom. The largest absolute Gasteiger partial charge is 0.395 e. The van der Waals surface area contributed by atoms with Crippen LogP contribution in [0.25, 0.3) is 0 Å². The summed E-state index contributed by atoms with van der Waals surface area (Å²) in [5.41, 5.74) is 0.430. The first-order valence-electron chi connectivity index (χ1n) is 4.08. The zero-order chi connectivity index (χ0) is 10.8. The molecule has 1 aliphatic rings. The summed E-state index contributed by atoms with van der Waals surface area (Å²) in [6, 6.07) is 0. The number of hydrogen-bond donors (Lipinski definition) is 1. The van der Waals surface area contributed by atoms with Crippen LogP contribution in [0, 0.1) is 0 Å². The lowest BCUT2D eigenvalue weighted by Crippen LogP contribution is -2.19. The molecule has 1 aliphatic carbocycles. The van der Waals surface area contributed by atoms with Gasteiger partial charge in [-0.2, -0.15) is 13.5 Å². The predicted octanol–water partition coefficient (Wildman–Crippen LogP) is 1.91. The van der Waals surface area contributed by atoms with Crippen molar-refractivity contribution in [2.45, 2.75) is 25.8 Å². The van der Waals surface area contributed by atoms with Gasteiger partial charge in [-0.1, -0.05) is 23.8 Å². The third-order valence-electron chi connectivity index (χ3n) is 1.92. The average Bonchev–Trinajstić information content (AvgIpc) is 2.07. The zero-order valence-electron chi connectivity index (χ0n) is 8.01. The summed E-state index contributed by atoms with van der Waals surface area (Å²) in [5, 5.41) is 3.58.